The van der Waals surface area contributed by atoms with Crippen LogP contribution in [-0.2, 0) is 0 Å². The highest BCUT2D eigenvalue weighted by atomic mass is 19.4. The fourth-order valence-electron chi connectivity index (χ4n) is 3.19. The zero-order valence-corrected chi connectivity index (χ0v) is 13.9. The van der Waals surface area contributed by atoms with Crippen molar-refractivity contribution in [3.63, 3.8) is 0 Å². The van der Waals surface area contributed by atoms with E-state index in [-0.39, 0.29) is 6.04 Å². The van der Waals surface area contributed by atoms with Gasteiger partial charge in [-0.2, -0.15) is 13.2 Å². The molecule has 0 bridgehead atoms. The summed E-state index contributed by atoms with van der Waals surface area (Å²) < 4.78 is 38.0. The highest BCUT2D eigenvalue weighted by Gasteiger charge is 2.27. The van der Waals surface area contributed by atoms with Crippen LogP contribution in [0.25, 0.3) is 0 Å². The zero-order chi connectivity index (χ0) is 17.7. The molecule has 0 amide bonds. The average Bonchev–Trinajstić information content (AvgIpc) is 2.63. The van der Waals surface area contributed by atoms with E-state index >= 15 is 0 Å². The maximum atomic E-state index is 12.7. The number of rotatable bonds is 4. The van der Waals surface area contributed by atoms with Gasteiger partial charge < -0.3 is 4.90 Å². The molecule has 1 heterocycles. The Morgan fingerprint density at radius 2 is 1.36 bits per heavy atom. The topological polar surface area (TPSA) is 6.48 Å². The standard InChI is InChI=1S/C20H21F3N2/c21-20(22,23)12-11-19(17-7-3-1-4-8-17)25-15-13-24(14-16-25)18-9-5-2-6-10-18/h1-12,19H,13-16H2/b12-11+/t19-/m1/s1. The van der Waals surface area contributed by atoms with Crippen LogP contribution in [0, 0.1) is 0 Å². The predicted octanol–water partition coefficient (Wildman–Crippen LogP) is 4.67. The molecular formula is C20H21F3N2. The molecule has 0 N–H and O–H groups in total. The van der Waals surface area contributed by atoms with E-state index in [0.717, 1.165) is 37.4 Å². The molecule has 1 fully saturated rings. The van der Waals surface area contributed by atoms with E-state index in [2.05, 4.69) is 21.9 Å². The molecule has 2 aromatic rings. The van der Waals surface area contributed by atoms with Crippen molar-refractivity contribution >= 4 is 5.69 Å². The summed E-state index contributed by atoms with van der Waals surface area (Å²) in [5, 5.41) is 0. The molecule has 0 saturated carbocycles. The minimum absolute atomic E-state index is 0.355. The number of hydrogen-bond donors (Lipinski definition) is 0. The van der Waals surface area contributed by atoms with Crippen LogP contribution in [0.5, 0.6) is 0 Å². The van der Waals surface area contributed by atoms with Crippen LogP contribution in [0.1, 0.15) is 11.6 Å². The Kier molecular flexibility index (Phi) is 5.43. The van der Waals surface area contributed by atoms with E-state index in [1.807, 2.05) is 48.5 Å². The first-order valence-corrected chi connectivity index (χ1v) is 8.38. The van der Waals surface area contributed by atoms with Gasteiger partial charge in [0.2, 0.25) is 0 Å². The first-order chi connectivity index (χ1) is 12.0. The van der Waals surface area contributed by atoms with Crippen LogP contribution >= 0.6 is 0 Å². The van der Waals surface area contributed by atoms with Crippen molar-refractivity contribution in [2.75, 3.05) is 31.1 Å². The van der Waals surface area contributed by atoms with Gasteiger partial charge in [-0.3, -0.25) is 4.90 Å². The van der Waals surface area contributed by atoms with Crippen LogP contribution in [0.2, 0.25) is 0 Å². The van der Waals surface area contributed by atoms with Crippen molar-refractivity contribution in [1.29, 1.82) is 0 Å². The number of nitrogens with zero attached hydrogens (tertiary/aromatic N) is 2. The van der Waals surface area contributed by atoms with Gasteiger partial charge in [0.05, 0.1) is 6.04 Å². The quantitative estimate of drug-likeness (QED) is 0.743. The summed E-state index contributed by atoms with van der Waals surface area (Å²) in [6.45, 7) is 3.04. The Morgan fingerprint density at radius 3 is 1.92 bits per heavy atom. The van der Waals surface area contributed by atoms with Gasteiger partial charge in [-0.15, -0.1) is 0 Å². The van der Waals surface area contributed by atoms with Gasteiger partial charge in [-0.05, 0) is 17.7 Å². The van der Waals surface area contributed by atoms with Crippen LogP contribution in [-0.4, -0.2) is 37.3 Å². The Balaban J connectivity index is 1.73. The smallest absolute Gasteiger partial charge is 0.369 e. The molecular weight excluding hydrogens is 325 g/mol. The van der Waals surface area contributed by atoms with E-state index in [4.69, 9.17) is 0 Å². The highest BCUT2D eigenvalue weighted by molar-refractivity contribution is 5.46. The summed E-state index contributed by atoms with van der Waals surface area (Å²) in [6, 6.07) is 19.1. The Hall–Kier alpha value is -2.27. The predicted molar refractivity (Wildman–Crippen MR) is 94.6 cm³/mol. The normalized spacial score (nSPS) is 17.8. The van der Waals surface area contributed by atoms with Crippen LogP contribution in [0.4, 0.5) is 18.9 Å². The third-order valence-corrected chi connectivity index (χ3v) is 4.44. The van der Waals surface area contributed by atoms with Gasteiger partial charge in [0, 0.05) is 37.9 Å². The highest BCUT2D eigenvalue weighted by Crippen LogP contribution is 2.27. The lowest BCUT2D eigenvalue weighted by molar-refractivity contribution is -0.0803. The van der Waals surface area contributed by atoms with Crippen LogP contribution in [0.15, 0.2) is 72.8 Å². The maximum Gasteiger partial charge on any atom is 0.409 e. The van der Waals surface area contributed by atoms with Crippen molar-refractivity contribution in [3.05, 3.63) is 78.4 Å². The molecule has 1 atom stereocenters. The van der Waals surface area contributed by atoms with Gasteiger partial charge in [-0.1, -0.05) is 54.6 Å². The number of alkyl halides is 3. The SMILES string of the molecule is FC(F)(F)/C=C/[C@H](c1ccccc1)N1CCN(c2ccccc2)CC1. The van der Waals surface area contributed by atoms with Gasteiger partial charge >= 0.3 is 6.18 Å². The summed E-state index contributed by atoms with van der Waals surface area (Å²) in [7, 11) is 0. The number of para-hydroxylation sites is 1. The molecule has 1 saturated heterocycles. The van der Waals surface area contributed by atoms with Crippen LogP contribution < -0.4 is 4.90 Å². The largest absolute Gasteiger partial charge is 0.409 e. The lowest BCUT2D eigenvalue weighted by Crippen LogP contribution is -2.47. The number of halogens is 3. The molecule has 0 radical (unpaired) electrons. The van der Waals surface area contributed by atoms with Gasteiger partial charge in [0.1, 0.15) is 0 Å². The molecule has 1 aliphatic rings. The molecule has 2 aromatic carbocycles. The van der Waals surface area contributed by atoms with Crippen molar-refractivity contribution < 1.29 is 13.2 Å². The second-order valence-electron chi connectivity index (χ2n) is 6.11. The fourth-order valence-corrected chi connectivity index (χ4v) is 3.19. The van der Waals surface area contributed by atoms with Crippen LogP contribution in [0.3, 0.4) is 0 Å². The first-order valence-electron chi connectivity index (χ1n) is 8.38. The van der Waals surface area contributed by atoms with Crippen molar-refractivity contribution in [1.82, 2.24) is 4.90 Å². The molecule has 0 aliphatic carbocycles. The minimum Gasteiger partial charge on any atom is -0.369 e. The third-order valence-electron chi connectivity index (χ3n) is 4.44. The summed E-state index contributed by atoms with van der Waals surface area (Å²) in [5.74, 6) is 0. The molecule has 132 valence electrons. The molecule has 25 heavy (non-hydrogen) atoms. The molecule has 3 rings (SSSR count). The van der Waals surface area contributed by atoms with E-state index in [9.17, 15) is 13.2 Å². The molecule has 0 spiro atoms. The number of anilines is 1. The Bertz CT molecular complexity index is 675. The molecule has 0 aromatic heterocycles. The molecule has 2 nitrogen and oxygen atoms in total. The van der Waals surface area contributed by atoms with Gasteiger partial charge in [0.15, 0.2) is 0 Å². The van der Waals surface area contributed by atoms with E-state index in [1.54, 1.807) is 0 Å². The fraction of sp³-hybridized carbons (Fsp3) is 0.300. The number of allylic oxidation sites excluding steroid dienone is 1. The van der Waals surface area contributed by atoms with E-state index in [0.29, 0.717) is 6.08 Å². The molecule has 5 heteroatoms. The monoisotopic (exact) mass is 346 g/mol. The van der Waals surface area contributed by atoms with Gasteiger partial charge in [0.25, 0.3) is 0 Å². The van der Waals surface area contributed by atoms with Crippen molar-refractivity contribution in [3.8, 4) is 0 Å². The first kappa shape index (κ1) is 17.5. The van der Waals surface area contributed by atoms with Crippen molar-refractivity contribution in [2.45, 2.75) is 12.2 Å². The van der Waals surface area contributed by atoms with Crippen molar-refractivity contribution in [2.24, 2.45) is 0 Å². The molecule has 1 aliphatic heterocycles. The lowest BCUT2D eigenvalue weighted by Gasteiger charge is -2.39. The minimum atomic E-state index is -4.29. The second-order valence-corrected chi connectivity index (χ2v) is 6.11. The number of benzene rings is 2. The second kappa shape index (κ2) is 7.74. The maximum absolute atomic E-state index is 12.7. The number of hydrogen-bond acceptors (Lipinski definition) is 2. The van der Waals surface area contributed by atoms with E-state index in [1.165, 1.54) is 6.08 Å². The summed E-state index contributed by atoms with van der Waals surface area (Å²) in [6.07, 6.45) is -2.67. The third kappa shape index (κ3) is 4.86. The Labute approximate surface area is 146 Å². The Morgan fingerprint density at radius 1 is 0.800 bits per heavy atom. The summed E-state index contributed by atoms with van der Waals surface area (Å²) >= 11 is 0. The zero-order valence-electron chi connectivity index (χ0n) is 13.9. The lowest BCUT2D eigenvalue weighted by atomic mass is 10.0. The van der Waals surface area contributed by atoms with Gasteiger partial charge in [-0.25, -0.2) is 0 Å². The summed E-state index contributed by atoms with van der Waals surface area (Å²) in [4.78, 5) is 4.38. The number of piperazine rings is 1. The van der Waals surface area contributed by atoms with E-state index < -0.39 is 6.18 Å². The average molecular weight is 346 g/mol. The molecule has 0 unspecified atom stereocenters. The summed E-state index contributed by atoms with van der Waals surface area (Å²) in [5.41, 5.74) is 2.04.